The monoisotopic (exact) mass is 635 g/mol. The molecule has 9 rings (SSSR count). The largest absolute Gasteiger partial charge is 0.354 e. The van der Waals surface area contributed by atoms with Crippen molar-refractivity contribution in [3.05, 3.63) is 102 Å². The summed E-state index contributed by atoms with van der Waals surface area (Å²) in [5, 5.41) is 9.05. The van der Waals surface area contributed by atoms with Gasteiger partial charge in [-0.25, -0.2) is 4.98 Å². The molecule has 240 valence electrons. The molecule has 0 spiro atoms. The van der Waals surface area contributed by atoms with Crippen LogP contribution < -0.4 is 0 Å². The van der Waals surface area contributed by atoms with E-state index in [-0.39, 0.29) is 0 Å². The SMILES string of the molecule is Cc1cc2[nH]c(-c3cn[nH]c3)cc2cn1.Cc1cc2c(cn1)cc(C1=CCN=C1)n2C(C)C.Cc1cc2nc(C3=CCN=C3)[nH]c2cn1. The lowest BCUT2D eigenvalue weighted by molar-refractivity contribution is 0.617. The lowest BCUT2D eigenvalue weighted by Gasteiger charge is -2.14. The first kappa shape index (κ1) is 30.7. The summed E-state index contributed by atoms with van der Waals surface area (Å²) in [6.07, 6.45) is 17.4. The Kier molecular flexibility index (Phi) is 8.33. The van der Waals surface area contributed by atoms with Crippen LogP contribution in [0.15, 0.2) is 83.5 Å². The van der Waals surface area contributed by atoms with Crippen LogP contribution in [-0.4, -0.2) is 70.2 Å². The maximum Gasteiger partial charge on any atom is 0.139 e. The molecule has 0 fully saturated rings. The Morgan fingerprint density at radius 2 is 1.42 bits per heavy atom. The van der Waals surface area contributed by atoms with E-state index in [1.165, 1.54) is 22.2 Å². The van der Waals surface area contributed by atoms with Crippen LogP contribution in [0.25, 0.3) is 55.2 Å². The smallest absolute Gasteiger partial charge is 0.139 e. The number of allylic oxidation sites excluding steroid dienone is 2. The van der Waals surface area contributed by atoms with Crippen LogP contribution in [0.4, 0.5) is 0 Å². The van der Waals surface area contributed by atoms with Gasteiger partial charge in [-0.2, -0.15) is 5.10 Å². The average molecular weight is 636 g/mol. The minimum Gasteiger partial charge on any atom is -0.354 e. The first-order chi connectivity index (χ1) is 23.3. The molecule has 3 N–H and O–H groups in total. The number of rotatable bonds is 4. The Morgan fingerprint density at radius 3 is 2.12 bits per heavy atom. The topological polar surface area (TPSA) is 141 Å². The second-order valence-electron chi connectivity index (χ2n) is 12.2. The van der Waals surface area contributed by atoms with Gasteiger partial charge in [0.2, 0.25) is 0 Å². The zero-order valence-electron chi connectivity index (χ0n) is 27.7. The van der Waals surface area contributed by atoms with Crippen molar-refractivity contribution in [2.45, 2.75) is 40.7 Å². The quantitative estimate of drug-likeness (QED) is 0.185. The van der Waals surface area contributed by atoms with Gasteiger partial charge in [-0.05, 0) is 65.0 Å². The Morgan fingerprint density at radius 1 is 0.708 bits per heavy atom. The van der Waals surface area contributed by atoms with Crippen LogP contribution in [-0.2, 0) is 0 Å². The number of hydrogen-bond donors (Lipinski definition) is 3. The van der Waals surface area contributed by atoms with Gasteiger partial charge in [0, 0.05) is 92.8 Å². The Bertz CT molecular complexity index is 2360. The molecule has 7 aromatic rings. The van der Waals surface area contributed by atoms with E-state index in [4.69, 9.17) is 0 Å². The first-order valence-corrected chi connectivity index (χ1v) is 16.0. The summed E-state index contributed by atoms with van der Waals surface area (Å²) in [4.78, 5) is 32.4. The summed E-state index contributed by atoms with van der Waals surface area (Å²) < 4.78 is 2.37. The summed E-state index contributed by atoms with van der Waals surface area (Å²) in [7, 11) is 0. The number of fused-ring (bicyclic) bond motifs is 3. The molecule has 0 radical (unpaired) electrons. The molecular formula is C37H37N11. The molecule has 0 unspecified atom stereocenters. The molecular weight excluding hydrogens is 598 g/mol. The number of nitrogens with zero attached hydrogens (tertiary/aromatic N) is 8. The molecule has 9 heterocycles. The van der Waals surface area contributed by atoms with Gasteiger partial charge in [-0.1, -0.05) is 12.2 Å². The van der Waals surface area contributed by atoms with E-state index in [0.29, 0.717) is 6.04 Å². The zero-order valence-corrected chi connectivity index (χ0v) is 27.7. The number of aryl methyl sites for hydroxylation is 3. The van der Waals surface area contributed by atoms with Crippen LogP contribution in [0.5, 0.6) is 0 Å². The Labute approximate surface area is 277 Å². The molecule has 0 atom stereocenters. The summed E-state index contributed by atoms with van der Waals surface area (Å²) in [5.74, 6) is 0.874. The molecule has 0 aromatic carbocycles. The standard InChI is InChI=1S/C15H17N3.2C11H10N4/c1-10(2)18-14-6-11(3)17-9-13(14)7-15(18)12-4-5-16-8-12;1-7-2-10-8(4-12-7)3-11(15-10)9-5-13-14-6-9;1-7-4-9-10(6-13-7)15-11(14-9)8-2-3-12-5-8/h4,6-10H,5H2,1-3H3;2-6,15H,1H3,(H,13,14);2,4-6H,3H2,1H3,(H,14,15). The van der Waals surface area contributed by atoms with Crippen LogP contribution >= 0.6 is 0 Å². The molecule has 11 nitrogen and oxygen atoms in total. The predicted molar refractivity (Wildman–Crippen MR) is 195 cm³/mol. The van der Waals surface area contributed by atoms with Gasteiger partial charge in [-0.3, -0.25) is 30.0 Å². The highest BCUT2D eigenvalue weighted by atomic mass is 15.1. The predicted octanol–water partition coefficient (Wildman–Crippen LogP) is 7.39. The van der Waals surface area contributed by atoms with Gasteiger partial charge >= 0.3 is 0 Å². The van der Waals surface area contributed by atoms with Gasteiger partial charge in [0.25, 0.3) is 0 Å². The van der Waals surface area contributed by atoms with Crippen molar-refractivity contribution in [1.82, 2.24) is 44.7 Å². The lowest BCUT2D eigenvalue weighted by atomic mass is 10.2. The number of pyridine rings is 3. The van der Waals surface area contributed by atoms with E-state index in [9.17, 15) is 0 Å². The van der Waals surface area contributed by atoms with E-state index in [2.05, 4.69) is 98.9 Å². The lowest BCUT2D eigenvalue weighted by Crippen LogP contribution is -2.05. The molecule has 7 aromatic heterocycles. The van der Waals surface area contributed by atoms with Gasteiger partial charge in [0.1, 0.15) is 5.82 Å². The molecule has 0 amide bonds. The van der Waals surface area contributed by atoms with E-state index in [1.807, 2.05) is 70.1 Å². The van der Waals surface area contributed by atoms with Crippen LogP contribution in [0.1, 0.15) is 48.5 Å². The third-order valence-electron chi connectivity index (χ3n) is 8.19. The second kappa shape index (κ2) is 13.0. The molecule has 2 aliphatic rings. The average Bonchev–Trinajstić information content (AvgIpc) is 3.92. The van der Waals surface area contributed by atoms with Crippen LogP contribution in [0, 0.1) is 20.8 Å². The van der Waals surface area contributed by atoms with Crippen LogP contribution in [0.2, 0.25) is 0 Å². The fourth-order valence-corrected chi connectivity index (χ4v) is 5.87. The molecule has 0 saturated heterocycles. The normalized spacial score (nSPS) is 13.6. The van der Waals surface area contributed by atoms with Crippen LogP contribution in [0.3, 0.4) is 0 Å². The van der Waals surface area contributed by atoms with Crippen molar-refractivity contribution in [2.75, 3.05) is 13.1 Å². The number of nitrogens with one attached hydrogen (secondary N) is 3. The van der Waals surface area contributed by atoms with E-state index < -0.39 is 0 Å². The number of aromatic amines is 3. The highest BCUT2D eigenvalue weighted by molar-refractivity contribution is 6.12. The number of aliphatic imine (C=N–C) groups is 2. The summed E-state index contributed by atoms with van der Waals surface area (Å²) >= 11 is 0. The summed E-state index contributed by atoms with van der Waals surface area (Å²) in [5.41, 5.74) is 13.0. The first-order valence-electron chi connectivity index (χ1n) is 16.0. The molecule has 0 saturated carbocycles. The highest BCUT2D eigenvalue weighted by Gasteiger charge is 2.15. The number of H-pyrrole nitrogens is 3. The van der Waals surface area contributed by atoms with Gasteiger partial charge in [0.15, 0.2) is 0 Å². The minimum atomic E-state index is 0.425. The van der Waals surface area contributed by atoms with Crippen molar-refractivity contribution in [2.24, 2.45) is 9.98 Å². The third-order valence-corrected chi connectivity index (χ3v) is 8.19. The van der Waals surface area contributed by atoms with E-state index >= 15 is 0 Å². The van der Waals surface area contributed by atoms with Crippen molar-refractivity contribution < 1.29 is 0 Å². The van der Waals surface area contributed by atoms with E-state index in [1.54, 1.807) is 6.20 Å². The molecule has 0 bridgehead atoms. The number of imidazole rings is 1. The van der Waals surface area contributed by atoms with Crippen molar-refractivity contribution in [1.29, 1.82) is 0 Å². The maximum absolute atomic E-state index is 4.50. The molecule has 0 aliphatic carbocycles. The number of hydrogen-bond acceptors (Lipinski definition) is 7. The van der Waals surface area contributed by atoms with Gasteiger partial charge in [-0.15, -0.1) is 0 Å². The second-order valence-corrected chi connectivity index (χ2v) is 12.2. The molecule has 2 aliphatic heterocycles. The van der Waals surface area contributed by atoms with Crippen molar-refractivity contribution in [3.63, 3.8) is 0 Å². The molecule has 11 heteroatoms. The number of aromatic nitrogens is 9. The fourth-order valence-electron chi connectivity index (χ4n) is 5.87. The summed E-state index contributed by atoms with van der Waals surface area (Å²) in [6, 6.07) is 10.9. The fraction of sp³-hybridized carbons (Fsp3) is 0.216. The zero-order chi connectivity index (χ0) is 33.2. The molecule has 48 heavy (non-hydrogen) atoms. The summed E-state index contributed by atoms with van der Waals surface area (Å²) in [6.45, 7) is 12.0. The third kappa shape index (κ3) is 6.35. The maximum atomic E-state index is 4.50. The Hall–Kier alpha value is -5.97. The van der Waals surface area contributed by atoms with Gasteiger partial charge in [0.05, 0.1) is 47.7 Å². The van der Waals surface area contributed by atoms with E-state index in [0.717, 1.165) is 74.8 Å². The Balaban J connectivity index is 0.000000115. The highest BCUT2D eigenvalue weighted by Crippen LogP contribution is 2.29. The van der Waals surface area contributed by atoms with Crippen molar-refractivity contribution >= 4 is 56.4 Å². The van der Waals surface area contributed by atoms with Crippen molar-refractivity contribution in [3.8, 4) is 11.3 Å². The minimum absolute atomic E-state index is 0.425. The van der Waals surface area contributed by atoms with Gasteiger partial charge < -0.3 is 14.5 Å².